The molecule has 1 aromatic carbocycles. The van der Waals surface area contributed by atoms with E-state index in [2.05, 4.69) is 10.6 Å². The largest absolute Gasteiger partial charge is 0.459 e. The predicted molar refractivity (Wildman–Crippen MR) is 111 cm³/mol. The average Bonchev–Trinajstić information content (AvgIpc) is 3.32. The van der Waals surface area contributed by atoms with E-state index in [9.17, 15) is 9.59 Å². The van der Waals surface area contributed by atoms with Crippen molar-refractivity contribution in [2.45, 2.75) is 38.5 Å². The second-order valence-electron chi connectivity index (χ2n) is 6.94. The van der Waals surface area contributed by atoms with Crippen LogP contribution in [0.15, 0.2) is 53.1 Å². The first-order valence-electron chi connectivity index (χ1n) is 9.57. The van der Waals surface area contributed by atoms with Crippen molar-refractivity contribution in [3.63, 3.8) is 0 Å². The van der Waals surface area contributed by atoms with E-state index < -0.39 is 0 Å². The summed E-state index contributed by atoms with van der Waals surface area (Å²) in [7, 11) is 0. The number of thiophene rings is 1. The van der Waals surface area contributed by atoms with Crippen LogP contribution in [-0.4, -0.2) is 11.8 Å². The van der Waals surface area contributed by atoms with Crippen LogP contribution in [0.5, 0.6) is 0 Å². The molecule has 0 fully saturated rings. The molecule has 5 nitrogen and oxygen atoms in total. The molecule has 1 aliphatic carbocycles. The molecule has 0 aliphatic heterocycles. The van der Waals surface area contributed by atoms with Gasteiger partial charge in [0.25, 0.3) is 11.8 Å². The maximum Gasteiger partial charge on any atom is 0.291 e. The summed E-state index contributed by atoms with van der Waals surface area (Å²) in [6, 6.07) is 12.4. The highest BCUT2D eigenvalue weighted by atomic mass is 32.1. The Morgan fingerprint density at radius 3 is 2.36 bits per heavy atom. The molecule has 0 atom stereocenters. The zero-order valence-electron chi connectivity index (χ0n) is 15.5. The SMILES string of the molecule is O=C(Nc1cccc(NC(=O)c2cc3c(s2)CCCCCC3)c1)c1ccco1. The van der Waals surface area contributed by atoms with Crippen molar-refractivity contribution in [3.8, 4) is 0 Å². The molecule has 1 aliphatic rings. The topological polar surface area (TPSA) is 71.3 Å². The maximum atomic E-state index is 12.7. The Morgan fingerprint density at radius 1 is 0.857 bits per heavy atom. The third kappa shape index (κ3) is 4.34. The Hall–Kier alpha value is -2.86. The fraction of sp³-hybridized carbons (Fsp3) is 0.273. The van der Waals surface area contributed by atoms with E-state index in [1.54, 1.807) is 41.7 Å². The smallest absolute Gasteiger partial charge is 0.291 e. The first-order chi connectivity index (χ1) is 13.7. The number of benzene rings is 1. The lowest BCUT2D eigenvalue weighted by Gasteiger charge is -2.07. The molecule has 0 bridgehead atoms. The number of furan rings is 1. The van der Waals surface area contributed by atoms with E-state index in [0.29, 0.717) is 11.4 Å². The van der Waals surface area contributed by atoms with E-state index in [4.69, 9.17) is 4.42 Å². The number of anilines is 2. The van der Waals surface area contributed by atoms with Gasteiger partial charge in [0.1, 0.15) is 0 Å². The number of hydrogen-bond acceptors (Lipinski definition) is 4. The van der Waals surface area contributed by atoms with Crippen LogP contribution in [0.3, 0.4) is 0 Å². The van der Waals surface area contributed by atoms with Gasteiger partial charge < -0.3 is 15.1 Å². The van der Waals surface area contributed by atoms with E-state index >= 15 is 0 Å². The van der Waals surface area contributed by atoms with Crippen LogP contribution in [0.4, 0.5) is 11.4 Å². The number of amides is 2. The van der Waals surface area contributed by atoms with E-state index in [-0.39, 0.29) is 17.6 Å². The zero-order valence-corrected chi connectivity index (χ0v) is 16.3. The van der Waals surface area contributed by atoms with Crippen LogP contribution in [-0.2, 0) is 12.8 Å². The van der Waals surface area contributed by atoms with Crippen LogP contribution in [0.1, 0.15) is 56.4 Å². The van der Waals surface area contributed by atoms with Crippen molar-refractivity contribution in [1.82, 2.24) is 0 Å². The number of nitrogens with one attached hydrogen (secondary N) is 2. The van der Waals surface area contributed by atoms with Gasteiger partial charge in [0.2, 0.25) is 0 Å². The number of hydrogen-bond donors (Lipinski definition) is 2. The standard InChI is InChI=1S/C22H22N2O3S/c25-21(18-10-6-12-27-18)23-16-8-5-9-17(14-16)24-22(26)20-13-15-7-3-1-2-4-11-19(15)28-20/h5-6,8-10,12-14H,1-4,7,11H2,(H,23,25)(H,24,26). The third-order valence-electron chi connectivity index (χ3n) is 4.84. The molecular weight excluding hydrogens is 372 g/mol. The van der Waals surface area contributed by atoms with Gasteiger partial charge in [-0.1, -0.05) is 18.9 Å². The first-order valence-corrected chi connectivity index (χ1v) is 10.4. The van der Waals surface area contributed by atoms with Crippen molar-refractivity contribution < 1.29 is 14.0 Å². The molecule has 28 heavy (non-hydrogen) atoms. The quantitative estimate of drug-likeness (QED) is 0.613. The average molecular weight is 394 g/mol. The number of rotatable bonds is 4. The molecule has 2 N–H and O–H groups in total. The fourth-order valence-corrected chi connectivity index (χ4v) is 4.57. The van der Waals surface area contributed by atoms with Crippen molar-refractivity contribution in [2.24, 2.45) is 0 Å². The van der Waals surface area contributed by atoms with Crippen LogP contribution in [0.2, 0.25) is 0 Å². The molecular formula is C22H22N2O3S. The van der Waals surface area contributed by atoms with E-state index in [1.807, 2.05) is 12.1 Å². The number of carbonyl (C=O) groups is 2. The van der Waals surface area contributed by atoms with Crippen LogP contribution in [0, 0.1) is 0 Å². The lowest BCUT2D eigenvalue weighted by Crippen LogP contribution is -2.12. The summed E-state index contributed by atoms with van der Waals surface area (Å²) in [6.07, 6.45) is 8.53. The van der Waals surface area contributed by atoms with Gasteiger partial charge in [-0.05, 0) is 67.6 Å². The lowest BCUT2D eigenvalue weighted by atomic mass is 10.00. The maximum absolute atomic E-state index is 12.7. The summed E-state index contributed by atoms with van der Waals surface area (Å²) in [5.74, 6) is -0.191. The first kappa shape index (κ1) is 18.5. The second kappa shape index (κ2) is 8.44. The summed E-state index contributed by atoms with van der Waals surface area (Å²) in [4.78, 5) is 26.9. The molecule has 144 valence electrons. The Labute approximate surface area is 167 Å². The number of aryl methyl sites for hydroxylation is 2. The highest BCUT2D eigenvalue weighted by molar-refractivity contribution is 7.14. The monoisotopic (exact) mass is 394 g/mol. The number of fused-ring (bicyclic) bond motifs is 1. The Morgan fingerprint density at radius 2 is 1.61 bits per heavy atom. The molecule has 3 aromatic rings. The van der Waals surface area contributed by atoms with Crippen molar-refractivity contribution in [1.29, 1.82) is 0 Å². The Bertz CT molecular complexity index is 950. The molecule has 2 amide bonds. The van der Waals surface area contributed by atoms with Gasteiger partial charge in [-0.15, -0.1) is 11.3 Å². The molecule has 6 heteroatoms. The van der Waals surface area contributed by atoms with Crippen molar-refractivity contribution in [2.75, 3.05) is 10.6 Å². The predicted octanol–water partition coefficient (Wildman–Crippen LogP) is 5.50. The summed E-state index contributed by atoms with van der Waals surface area (Å²) < 4.78 is 5.10. The minimum atomic E-state index is -0.327. The van der Waals surface area contributed by atoms with Crippen molar-refractivity contribution in [3.05, 3.63) is 69.8 Å². The minimum absolute atomic E-state index is 0.105. The Kier molecular flexibility index (Phi) is 5.58. The van der Waals surface area contributed by atoms with Crippen molar-refractivity contribution >= 4 is 34.5 Å². The molecule has 0 spiro atoms. The molecule has 0 radical (unpaired) electrons. The molecule has 4 rings (SSSR count). The van der Waals surface area contributed by atoms with Gasteiger partial charge in [0, 0.05) is 16.3 Å². The summed E-state index contributed by atoms with van der Waals surface area (Å²) in [5, 5.41) is 5.71. The van der Waals surface area contributed by atoms with Crippen LogP contribution >= 0.6 is 11.3 Å². The van der Waals surface area contributed by atoms with E-state index in [1.165, 1.54) is 42.4 Å². The van der Waals surface area contributed by atoms with Crippen LogP contribution in [0.25, 0.3) is 0 Å². The molecule has 0 saturated heterocycles. The van der Waals surface area contributed by atoms with Gasteiger partial charge in [-0.3, -0.25) is 9.59 Å². The van der Waals surface area contributed by atoms with Gasteiger partial charge in [0.15, 0.2) is 5.76 Å². The normalized spacial score (nSPS) is 13.9. The molecule has 2 aromatic heterocycles. The van der Waals surface area contributed by atoms with Crippen LogP contribution < -0.4 is 10.6 Å². The van der Waals surface area contributed by atoms with Gasteiger partial charge >= 0.3 is 0 Å². The zero-order chi connectivity index (χ0) is 19.3. The lowest BCUT2D eigenvalue weighted by molar-refractivity contribution is 0.0995. The summed E-state index contributed by atoms with van der Waals surface area (Å²) in [6.45, 7) is 0. The van der Waals surface area contributed by atoms with E-state index in [0.717, 1.165) is 17.7 Å². The summed E-state index contributed by atoms with van der Waals surface area (Å²) >= 11 is 1.60. The molecule has 0 unspecified atom stereocenters. The second-order valence-corrected chi connectivity index (χ2v) is 8.08. The number of carbonyl (C=O) groups excluding carboxylic acids is 2. The Balaban J connectivity index is 1.45. The summed E-state index contributed by atoms with van der Waals surface area (Å²) in [5.41, 5.74) is 2.56. The third-order valence-corrected chi connectivity index (χ3v) is 6.08. The van der Waals surface area contributed by atoms with Gasteiger partial charge in [-0.25, -0.2) is 0 Å². The molecule has 0 saturated carbocycles. The van der Waals surface area contributed by atoms with Gasteiger partial charge in [0.05, 0.1) is 11.1 Å². The van der Waals surface area contributed by atoms with Gasteiger partial charge in [-0.2, -0.15) is 0 Å². The highest BCUT2D eigenvalue weighted by Crippen LogP contribution is 2.29. The minimum Gasteiger partial charge on any atom is -0.459 e. The fourth-order valence-electron chi connectivity index (χ4n) is 3.42. The molecule has 2 heterocycles. The highest BCUT2D eigenvalue weighted by Gasteiger charge is 2.16.